The highest BCUT2D eigenvalue weighted by molar-refractivity contribution is 5.95. The lowest BCUT2D eigenvalue weighted by Crippen LogP contribution is -2.54. The number of carboxylic acids is 1. The predicted molar refractivity (Wildman–Crippen MR) is 72.2 cm³/mol. The van der Waals surface area contributed by atoms with Crippen LogP contribution >= 0.6 is 0 Å². The minimum absolute atomic E-state index is 0.00351. The van der Waals surface area contributed by atoms with E-state index in [1.54, 1.807) is 0 Å². The Bertz CT molecular complexity index is 498. The molecule has 2 N–H and O–H groups in total. The Hall–Kier alpha value is -1.84. The number of hydrogen-bond acceptors (Lipinski definition) is 2. The van der Waals surface area contributed by atoms with E-state index in [0.29, 0.717) is 5.56 Å². The van der Waals surface area contributed by atoms with Gasteiger partial charge in [-0.1, -0.05) is 17.2 Å². The molecule has 1 aromatic carbocycles. The van der Waals surface area contributed by atoms with Gasteiger partial charge in [0.15, 0.2) is 0 Å². The first kappa shape index (κ1) is 13.6. The van der Waals surface area contributed by atoms with Gasteiger partial charge in [0.2, 0.25) is 0 Å². The summed E-state index contributed by atoms with van der Waals surface area (Å²) in [5.41, 5.74) is 2.13. The number of nitrogens with one attached hydrogen (secondary N) is 1. The molecule has 0 aliphatic heterocycles. The fraction of sp³-hybridized carbons (Fsp3) is 0.467. The van der Waals surface area contributed by atoms with Crippen LogP contribution < -0.4 is 5.32 Å². The van der Waals surface area contributed by atoms with E-state index in [4.69, 9.17) is 5.11 Å². The summed E-state index contributed by atoms with van der Waals surface area (Å²) in [4.78, 5) is 23.1. The van der Waals surface area contributed by atoms with Crippen LogP contribution in [0, 0.1) is 13.8 Å². The van der Waals surface area contributed by atoms with Gasteiger partial charge in [-0.05, 0) is 45.2 Å². The van der Waals surface area contributed by atoms with Gasteiger partial charge in [0.1, 0.15) is 0 Å². The van der Waals surface area contributed by atoms with E-state index in [2.05, 4.69) is 5.32 Å². The molecule has 1 saturated carbocycles. The van der Waals surface area contributed by atoms with Gasteiger partial charge in [0.25, 0.3) is 5.91 Å². The van der Waals surface area contributed by atoms with E-state index in [1.165, 1.54) is 0 Å². The molecule has 0 unspecified atom stereocenters. The minimum Gasteiger partial charge on any atom is -0.481 e. The van der Waals surface area contributed by atoms with E-state index < -0.39 is 11.5 Å². The van der Waals surface area contributed by atoms with Crippen molar-refractivity contribution in [3.05, 3.63) is 34.9 Å². The highest BCUT2D eigenvalue weighted by Gasteiger charge is 2.40. The maximum absolute atomic E-state index is 12.2. The van der Waals surface area contributed by atoms with Crippen LogP contribution in [0.25, 0.3) is 0 Å². The summed E-state index contributed by atoms with van der Waals surface area (Å²) in [5, 5.41) is 11.8. The summed E-state index contributed by atoms with van der Waals surface area (Å²) in [6.45, 7) is 3.89. The van der Waals surface area contributed by atoms with Gasteiger partial charge in [-0.15, -0.1) is 0 Å². The Balaban J connectivity index is 2.13. The van der Waals surface area contributed by atoms with Crippen LogP contribution in [0.2, 0.25) is 0 Å². The third-order valence-corrected chi connectivity index (χ3v) is 3.66. The van der Waals surface area contributed by atoms with Gasteiger partial charge < -0.3 is 10.4 Å². The van der Waals surface area contributed by atoms with E-state index >= 15 is 0 Å². The first-order chi connectivity index (χ1) is 8.90. The lowest BCUT2D eigenvalue weighted by atomic mass is 9.74. The number of benzene rings is 1. The number of aliphatic carboxylic acids is 1. The van der Waals surface area contributed by atoms with Crippen molar-refractivity contribution < 1.29 is 14.7 Å². The third kappa shape index (κ3) is 3.13. The molecule has 0 aromatic heterocycles. The summed E-state index contributed by atoms with van der Waals surface area (Å²) >= 11 is 0. The van der Waals surface area contributed by atoms with Crippen molar-refractivity contribution in [1.29, 1.82) is 0 Å². The number of carbonyl (C=O) groups excluding carboxylic acids is 1. The maximum Gasteiger partial charge on any atom is 0.305 e. The van der Waals surface area contributed by atoms with Gasteiger partial charge in [-0.2, -0.15) is 0 Å². The molecule has 1 aromatic rings. The van der Waals surface area contributed by atoms with Crippen molar-refractivity contribution in [2.24, 2.45) is 0 Å². The van der Waals surface area contributed by atoms with Crippen LogP contribution in [0.5, 0.6) is 0 Å². The van der Waals surface area contributed by atoms with Crippen LogP contribution in [-0.2, 0) is 4.79 Å². The molecule has 1 aliphatic carbocycles. The Morgan fingerprint density at radius 1 is 1.21 bits per heavy atom. The molecule has 1 fully saturated rings. The Labute approximate surface area is 112 Å². The summed E-state index contributed by atoms with van der Waals surface area (Å²) in [5.74, 6) is -1.03. The molecule has 0 bridgehead atoms. The van der Waals surface area contributed by atoms with E-state index in [1.807, 2.05) is 32.0 Å². The van der Waals surface area contributed by atoms with Crippen molar-refractivity contribution in [3.63, 3.8) is 0 Å². The van der Waals surface area contributed by atoms with Crippen LogP contribution in [0.4, 0.5) is 0 Å². The Kier molecular flexibility index (Phi) is 3.60. The SMILES string of the molecule is Cc1cc(C)cc(C(=O)NC2(CC(=O)O)CCC2)c1. The van der Waals surface area contributed by atoms with Crippen LogP contribution in [0.1, 0.15) is 47.2 Å². The molecule has 0 spiro atoms. The molecule has 2 rings (SSSR count). The molecular formula is C15H19NO3. The van der Waals surface area contributed by atoms with Crippen molar-refractivity contribution in [2.75, 3.05) is 0 Å². The molecule has 4 heteroatoms. The second kappa shape index (κ2) is 5.03. The van der Waals surface area contributed by atoms with Crippen LogP contribution in [-0.4, -0.2) is 22.5 Å². The zero-order chi connectivity index (χ0) is 14.0. The van der Waals surface area contributed by atoms with E-state index in [9.17, 15) is 9.59 Å². The number of aryl methyl sites for hydroxylation is 2. The summed E-state index contributed by atoms with van der Waals surface area (Å²) in [6, 6.07) is 5.66. The van der Waals surface area contributed by atoms with Crippen molar-refractivity contribution in [3.8, 4) is 0 Å². The van der Waals surface area contributed by atoms with Crippen molar-refractivity contribution in [2.45, 2.75) is 45.1 Å². The van der Waals surface area contributed by atoms with Crippen LogP contribution in [0.15, 0.2) is 18.2 Å². The molecule has 0 saturated heterocycles. The summed E-state index contributed by atoms with van der Waals surface area (Å²) in [6.07, 6.45) is 2.47. The molecule has 0 heterocycles. The van der Waals surface area contributed by atoms with Crippen molar-refractivity contribution >= 4 is 11.9 Å². The lowest BCUT2D eigenvalue weighted by Gasteiger charge is -2.41. The molecule has 1 aliphatic rings. The van der Waals surface area contributed by atoms with Gasteiger partial charge >= 0.3 is 5.97 Å². The number of carboxylic acid groups (broad SMARTS) is 1. The molecule has 0 radical (unpaired) electrons. The fourth-order valence-corrected chi connectivity index (χ4v) is 2.66. The van der Waals surface area contributed by atoms with Gasteiger partial charge in [-0.3, -0.25) is 9.59 Å². The average molecular weight is 261 g/mol. The van der Waals surface area contributed by atoms with Crippen LogP contribution in [0.3, 0.4) is 0 Å². The molecule has 19 heavy (non-hydrogen) atoms. The Morgan fingerprint density at radius 3 is 2.21 bits per heavy atom. The minimum atomic E-state index is -0.861. The summed E-state index contributed by atoms with van der Waals surface area (Å²) < 4.78 is 0. The highest BCUT2D eigenvalue weighted by Crippen LogP contribution is 2.35. The zero-order valence-corrected chi connectivity index (χ0v) is 11.3. The monoisotopic (exact) mass is 261 g/mol. The summed E-state index contributed by atoms with van der Waals surface area (Å²) in [7, 11) is 0. The largest absolute Gasteiger partial charge is 0.481 e. The normalized spacial score (nSPS) is 16.5. The average Bonchev–Trinajstić information content (AvgIpc) is 2.23. The smallest absolute Gasteiger partial charge is 0.305 e. The molecule has 102 valence electrons. The number of amides is 1. The number of hydrogen-bond donors (Lipinski definition) is 2. The van der Waals surface area contributed by atoms with Crippen molar-refractivity contribution in [1.82, 2.24) is 5.32 Å². The van der Waals surface area contributed by atoms with Gasteiger partial charge in [0.05, 0.1) is 12.0 Å². The van der Waals surface area contributed by atoms with Gasteiger partial charge in [0, 0.05) is 5.56 Å². The second-order valence-electron chi connectivity index (χ2n) is 5.53. The first-order valence-electron chi connectivity index (χ1n) is 6.53. The highest BCUT2D eigenvalue weighted by atomic mass is 16.4. The standard InChI is InChI=1S/C15H19NO3/c1-10-6-11(2)8-12(7-10)14(19)16-15(4-3-5-15)9-13(17)18/h6-8H,3-5,9H2,1-2H3,(H,16,19)(H,17,18). The number of carbonyl (C=O) groups is 2. The second-order valence-corrected chi connectivity index (χ2v) is 5.53. The Morgan fingerprint density at radius 2 is 1.79 bits per heavy atom. The van der Waals surface area contributed by atoms with E-state index in [-0.39, 0.29) is 12.3 Å². The molecular weight excluding hydrogens is 242 g/mol. The topological polar surface area (TPSA) is 66.4 Å². The lowest BCUT2D eigenvalue weighted by molar-refractivity contribution is -0.139. The molecule has 4 nitrogen and oxygen atoms in total. The molecule has 0 atom stereocenters. The van der Waals surface area contributed by atoms with Gasteiger partial charge in [-0.25, -0.2) is 0 Å². The maximum atomic E-state index is 12.2. The quantitative estimate of drug-likeness (QED) is 0.874. The molecule has 1 amide bonds. The first-order valence-corrected chi connectivity index (χ1v) is 6.53. The third-order valence-electron chi connectivity index (χ3n) is 3.66. The van der Waals surface area contributed by atoms with E-state index in [0.717, 1.165) is 30.4 Å². The number of rotatable bonds is 4. The zero-order valence-electron chi connectivity index (χ0n) is 11.3. The fourth-order valence-electron chi connectivity index (χ4n) is 2.66. The predicted octanol–water partition coefficient (Wildman–Crippen LogP) is 2.43.